The van der Waals surface area contributed by atoms with Crippen LogP contribution in [0.1, 0.15) is 25.7 Å². The van der Waals surface area contributed by atoms with Crippen molar-refractivity contribution in [2.75, 3.05) is 25.0 Å². The summed E-state index contributed by atoms with van der Waals surface area (Å²) in [6.45, 7) is 2.03. The average Bonchev–Trinajstić information content (AvgIpc) is 2.63. The molecule has 0 aliphatic carbocycles. The first-order valence-electron chi connectivity index (χ1n) is 6.63. The molecule has 0 saturated carbocycles. The van der Waals surface area contributed by atoms with Gasteiger partial charge in [0.2, 0.25) is 5.91 Å². The highest BCUT2D eigenvalue weighted by atomic mass is 35.5. The van der Waals surface area contributed by atoms with Gasteiger partial charge in [0.25, 0.3) is 0 Å². The van der Waals surface area contributed by atoms with Gasteiger partial charge in [-0.3, -0.25) is 4.79 Å². The molecule has 1 heterocycles. The summed E-state index contributed by atoms with van der Waals surface area (Å²) in [5.74, 6) is 0.137. The summed E-state index contributed by atoms with van der Waals surface area (Å²) < 4.78 is 0. The lowest BCUT2D eigenvalue weighted by atomic mass is 10.2. The first-order valence-corrected chi connectivity index (χ1v) is 7.38. The maximum absolute atomic E-state index is 12.1. The smallest absolute Gasteiger partial charge is 0.241 e. The fourth-order valence-electron chi connectivity index (χ4n) is 2.27. The molecule has 1 aliphatic rings. The molecule has 19 heavy (non-hydrogen) atoms. The molecule has 1 aliphatic heterocycles. The van der Waals surface area contributed by atoms with Crippen LogP contribution in [-0.2, 0) is 4.79 Å². The Kier molecular flexibility index (Phi) is 5.34. The summed E-state index contributed by atoms with van der Waals surface area (Å²) in [4.78, 5) is 14.0. The summed E-state index contributed by atoms with van der Waals surface area (Å²) in [6.07, 6.45) is 4.66. The molecule has 1 aromatic rings. The van der Waals surface area contributed by atoms with E-state index in [2.05, 4.69) is 5.32 Å². The fourth-order valence-corrected chi connectivity index (χ4v) is 2.79. The number of amides is 1. The highest BCUT2D eigenvalue weighted by Crippen LogP contribution is 2.22. The second-order valence-electron chi connectivity index (χ2n) is 4.81. The molecule has 0 spiro atoms. The van der Waals surface area contributed by atoms with Crippen molar-refractivity contribution >= 4 is 34.8 Å². The largest absolute Gasteiger partial charge is 0.376 e. The molecular formula is C14H18Cl2N2O. The molecule has 104 valence electrons. The molecule has 3 nitrogen and oxygen atoms in total. The summed E-state index contributed by atoms with van der Waals surface area (Å²) in [7, 11) is 0. The van der Waals surface area contributed by atoms with Gasteiger partial charge < -0.3 is 10.2 Å². The van der Waals surface area contributed by atoms with Crippen LogP contribution in [0.5, 0.6) is 0 Å². The van der Waals surface area contributed by atoms with Crippen molar-refractivity contribution in [1.82, 2.24) is 4.90 Å². The van der Waals surface area contributed by atoms with Gasteiger partial charge in [-0.2, -0.15) is 0 Å². The van der Waals surface area contributed by atoms with Crippen LogP contribution < -0.4 is 5.32 Å². The molecule has 0 unspecified atom stereocenters. The van der Waals surface area contributed by atoms with E-state index in [1.165, 1.54) is 12.8 Å². The number of hydrogen-bond donors (Lipinski definition) is 1. The molecule has 5 heteroatoms. The van der Waals surface area contributed by atoms with E-state index in [-0.39, 0.29) is 12.5 Å². The lowest BCUT2D eigenvalue weighted by molar-refractivity contribution is -0.129. The topological polar surface area (TPSA) is 32.3 Å². The van der Waals surface area contributed by atoms with Gasteiger partial charge in [-0.1, -0.05) is 36.0 Å². The maximum atomic E-state index is 12.1. The van der Waals surface area contributed by atoms with Crippen molar-refractivity contribution in [3.8, 4) is 0 Å². The summed E-state index contributed by atoms with van der Waals surface area (Å²) in [5, 5.41) is 4.22. The predicted molar refractivity (Wildman–Crippen MR) is 80.0 cm³/mol. The number of hydrogen-bond acceptors (Lipinski definition) is 2. The maximum Gasteiger partial charge on any atom is 0.241 e. The molecular weight excluding hydrogens is 283 g/mol. The number of nitrogens with one attached hydrogen (secondary N) is 1. The third-order valence-electron chi connectivity index (χ3n) is 3.27. The second-order valence-corrected chi connectivity index (χ2v) is 5.68. The highest BCUT2D eigenvalue weighted by Gasteiger charge is 2.14. The Balaban J connectivity index is 1.88. The SMILES string of the molecule is O=C(CNc1cc(Cl)cc(Cl)c1)N1CCCCCC1. The van der Waals surface area contributed by atoms with E-state index in [4.69, 9.17) is 23.2 Å². The molecule has 0 radical (unpaired) electrons. The molecule has 1 amide bonds. The minimum Gasteiger partial charge on any atom is -0.376 e. The Hall–Kier alpha value is -0.930. The van der Waals surface area contributed by atoms with Crippen LogP contribution in [0.3, 0.4) is 0 Å². The van der Waals surface area contributed by atoms with E-state index >= 15 is 0 Å². The van der Waals surface area contributed by atoms with Crippen molar-refractivity contribution in [2.24, 2.45) is 0 Å². The first kappa shape index (κ1) is 14.5. The molecule has 0 bridgehead atoms. The minimum atomic E-state index is 0.137. The molecule has 1 fully saturated rings. The lowest BCUT2D eigenvalue weighted by Crippen LogP contribution is -2.36. The van der Waals surface area contributed by atoms with Crippen LogP contribution in [0.2, 0.25) is 10.0 Å². The van der Waals surface area contributed by atoms with Crippen LogP contribution in [0.25, 0.3) is 0 Å². The van der Waals surface area contributed by atoms with E-state index in [0.29, 0.717) is 10.0 Å². The van der Waals surface area contributed by atoms with Crippen LogP contribution in [0.15, 0.2) is 18.2 Å². The highest BCUT2D eigenvalue weighted by molar-refractivity contribution is 6.35. The van der Waals surface area contributed by atoms with Crippen molar-refractivity contribution < 1.29 is 4.79 Å². The van der Waals surface area contributed by atoms with E-state index in [1.54, 1.807) is 18.2 Å². The Labute approximate surface area is 123 Å². The van der Waals surface area contributed by atoms with Gasteiger partial charge in [0, 0.05) is 28.8 Å². The Bertz CT molecular complexity index is 423. The van der Waals surface area contributed by atoms with Crippen LogP contribution in [-0.4, -0.2) is 30.4 Å². The summed E-state index contributed by atoms with van der Waals surface area (Å²) in [5.41, 5.74) is 0.778. The summed E-state index contributed by atoms with van der Waals surface area (Å²) >= 11 is 11.8. The Morgan fingerprint density at radius 3 is 2.21 bits per heavy atom. The third kappa shape index (κ3) is 4.59. The standard InChI is InChI=1S/C14H18Cl2N2O/c15-11-7-12(16)9-13(8-11)17-10-14(19)18-5-3-1-2-4-6-18/h7-9,17H,1-6,10H2. The van der Waals surface area contributed by atoms with Crippen molar-refractivity contribution in [3.05, 3.63) is 28.2 Å². The average molecular weight is 301 g/mol. The number of benzene rings is 1. The minimum absolute atomic E-state index is 0.137. The summed E-state index contributed by atoms with van der Waals surface area (Å²) in [6, 6.07) is 5.21. The van der Waals surface area contributed by atoms with E-state index in [1.807, 2.05) is 4.90 Å². The van der Waals surface area contributed by atoms with Gasteiger partial charge in [0.15, 0.2) is 0 Å². The quantitative estimate of drug-likeness (QED) is 0.920. The molecule has 2 rings (SSSR count). The van der Waals surface area contributed by atoms with Gasteiger partial charge >= 0.3 is 0 Å². The third-order valence-corrected chi connectivity index (χ3v) is 3.70. The first-order chi connectivity index (χ1) is 9.15. The zero-order valence-electron chi connectivity index (χ0n) is 10.8. The lowest BCUT2D eigenvalue weighted by Gasteiger charge is -2.20. The van der Waals surface area contributed by atoms with E-state index in [0.717, 1.165) is 31.6 Å². The molecule has 1 aromatic carbocycles. The monoisotopic (exact) mass is 300 g/mol. The van der Waals surface area contributed by atoms with Crippen LogP contribution in [0.4, 0.5) is 5.69 Å². The molecule has 1 N–H and O–H groups in total. The number of likely N-dealkylation sites (tertiary alicyclic amines) is 1. The molecule has 0 aromatic heterocycles. The van der Waals surface area contributed by atoms with Crippen LogP contribution in [0, 0.1) is 0 Å². The Morgan fingerprint density at radius 1 is 1.05 bits per heavy atom. The predicted octanol–water partition coefficient (Wildman–Crippen LogP) is 3.81. The van der Waals surface area contributed by atoms with Gasteiger partial charge in [-0.25, -0.2) is 0 Å². The van der Waals surface area contributed by atoms with Gasteiger partial charge in [-0.15, -0.1) is 0 Å². The van der Waals surface area contributed by atoms with E-state index < -0.39 is 0 Å². The zero-order chi connectivity index (χ0) is 13.7. The molecule has 0 atom stereocenters. The number of nitrogens with zero attached hydrogens (tertiary/aromatic N) is 1. The van der Waals surface area contributed by atoms with Gasteiger partial charge in [-0.05, 0) is 31.0 Å². The van der Waals surface area contributed by atoms with Crippen molar-refractivity contribution in [3.63, 3.8) is 0 Å². The normalized spacial score (nSPS) is 16.0. The number of halogens is 2. The number of rotatable bonds is 3. The van der Waals surface area contributed by atoms with Crippen molar-refractivity contribution in [2.45, 2.75) is 25.7 Å². The van der Waals surface area contributed by atoms with Gasteiger partial charge in [0.05, 0.1) is 6.54 Å². The number of anilines is 1. The van der Waals surface area contributed by atoms with Crippen LogP contribution >= 0.6 is 23.2 Å². The van der Waals surface area contributed by atoms with Crippen molar-refractivity contribution in [1.29, 1.82) is 0 Å². The Morgan fingerprint density at radius 2 is 1.63 bits per heavy atom. The number of carbonyl (C=O) groups excluding carboxylic acids is 1. The zero-order valence-corrected chi connectivity index (χ0v) is 12.3. The fraction of sp³-hybridized carbons (Fsp3) is 0.500. The second kappa shape index (κ2) is 7.01. The number of carbonyl (C=O) groups is 1. The van der Waals surface area contributed by atoms with E-state index in [9.17, 15) is 4.79 Å². The van der Waals surface area contributed by atoms with Gasteiger partial charge in [0.1, 0.15) is 0 Å². The molecule has 1 saturated heterocycles.